The fraction of sp³-hybridized carbons (Fsp3) is 0.333. The standard InChI is InChI=1S/C21H24N2O3/c1-3-15-4-8-18(9-5-15)22-21(25)17-12-20(24)23(14-17)13-16-6-10-19(26-2)11-7-16/h4-11,17H,3,12-14H2,1-2H3,(H,22,25)/t17-/m1/s1. The predicted molar refractivity (Wildman–Crippen MR) is 101 cm³/mol. The average molecular weight is 352 g/mol. The first kappa shape index (κ1) is 18.0. The highest BCUT2D eigenvalue weighted by Crippen LogP contribution is 2.23. The van der Waals surface area contributed by atoms with Gasteiger partial charge in [0.25, 0.3) is 0 Å². The number of carbonyl (C=O) groups is 2. The third-order valence-electron chi connectivity index (χ3n) is 4.75. The molecule has 136 valence electrons. The van der Waals surface area contributed by atoms with E-state index in [4.69, 9.17) is 4.74 Å². The van der Waals surface area contributed by atoms with Gasteiger partial charge in [0.1, 0.15) is 5.75 Å². The van der Waals surface area contributed by atoms with Crippen LogP contribution in [0.25, 0.3) is 0 Å². The lowest BCUT2D eigenvalue weighted by Crippen LogP contribution is -2.28. The minimum atomic E-state index is -0.313. The van der Waals surface area contributed by atoms with Crippen molar-refractivity contribution in [1.29, 1.82) is 0 Å². The molecule has 0 aromatic heterocycles. The highest BCUT2D eigenvalue weighted by atomic mass is 16.5. The van der Waals surface area contributed by atoms with Crippen LogP contribution in [0.4, 0.5) is 5.69 Å². The predicted octanol–water partition coefficient (Wildman–Crippen LogP) is 3.24. The molecular weight excluding hydrogens is 328 g/mol. The summed E-state index contributed by atoms with van der Waals surface area (Å²) in [7, 11) is 1.62. The topological polar surface area (TPSA) is 58.6 Å². The molecule has 0 spiro atoms. The molecule has 0 bridgehead atoms. The Bertz CT molecular complexity index is 769. The number of hydrogen-bond acceptors (Lipinski definition) is 3. The van der Waals surface area contributed by atoms with Gasteiger partial charge in [-0.15, -0.1) is 0 Å². The molecule has 3 rings (SSSR count). The number of aryl methyl sites for hydroxylation is 1. The van der Waals surface area contributed by atoms with Crippen LogP contribution >= 0.6 is 0 Å². The van der Waals surface area contributed by atoms with Crippen LogP contribution in [0.2, 0.25) is 0 Å². The maximum Gasteiger partial charge on any atom is 0.229 e. The molecule has 0 radical (unpaired) electrons. The molecule has 2 aromatic rings. The number of ether oxygens (including phenoxy) is 1. The molecule has 1 aliphatic heterocycles. The molecule has 1 aliphatic rings. The number of nitrogens with zero attached hydrogens (tertiary/aromatic N) is 1. The summed E-state index contributed by atoms with van der Waals surface area (Å²) >= 11 is 0. The van der Waals surface area contributed by atoms with Crippen LogP contribution in [-0.2, 0) is 22.6 Å². The van der Waals surface area contributed by atoms with Crippen molar-refractivity contribution in [2.24, 2.45) is 5.92 Å². The largest absolute Gasteiger partial charge is 0.497 e. The van der Waals surface area contributed by atoms with Gasteiger partial charge < -0.3 is 15.0 Å². The van der Waals surface area contributed by atoms with Crippen molar-refractivity contribution in [3.05, 3.63) is 59.7 Å². The van der Waals surface area contributed by atoms with E-state index in [-0.39, 0.29) is 24.2 Å². The zero-order valence-electron chi connectivity index (χ0n) is 15.2. The summed E-state index contributed by atoms with van der Waals surface area (Å²) < 4.78 is 5.15. The van der Waals surface area contributed by atoms with E-state index in [1.165, 1.54) is 5.56 Å². The molecular formula is C21H24N2O3. The Morgan fingerprint density at radius 3 is 2.38 bits per heavy atom. The number of rotatable bonds is 6. The maximum atomic E-state index is 12.5. The second-order valence-corrected chi connectivity index (χ2v) is 6.56. The molecule has 26 heavy (non-hydrogen) atoms. The van der Waals surface area contributed by atoms with Crippen LogP contribution < -0.4 is 10.1 Å². The van der Waals surface area contributed by atoms with E-state index in [2.05, 4.69) is 12.2 Å². The molecule has 0 saturated carbocycles. The first-order chi connectivity index (χ1) is 12.6. The molecule has 0 unspecified atom stereocenters. The van der Waals surface area contributed by atoms with E-state index in [0.29, 0.717) is 13.1 Å². The van der Waals surface area contributed by atoms with Crippen LogP contribution in [0.3, 0.4) is 0 Å². The lowest BCUT2D eigenvalue weighted by Gasteiger charge is -2.17. The Labute approximate surface area is 154 Å². The first-order valence-electron chi connectivity index (χ1n) is 8.89. The second-order valence-electron chi connectivity index (χ2n) is 6.56. The SMILES string of the molecule is CCc1ccc(NC(=O)[C@@H]2CC(=O)N(Cc3ccc(OC)cc3)C2)cc1. The fourth-order valence-electron chi connectivity index (χ4n) is 3.12. The number of nitrogens with one attached hydrogen (secondary N) is 1. The number of anilines is 1. The first-order valence-corrected chi connectivity index (χ1v) is 8.89. The van der Waals surface area contributed by atoms with Gasteiger partial charge in [0.15, 0.2) is 0 Å². The van der Waals surface area contributed by atoms with Gasteiger partial charge in [-0.3, -0.25) is 9.59 Å². The summed E-state index contributed by atoms with van der Waals surface area (Å²) in [6.45, 7) is 3.05. The van der Waals surface area contributed by atoms with E-state index >= 15 is 0 Å². The number of methoxy groups -OCH3 is 1. The zero-order valence-corrected chi connectivity index (χ0v) is 15.2. The van der Waals surface area contributed by atoms with Gasteiger partial charge in [-0.25, -0.2) is 0 Å². The Morgan fingerprint density at radius 2 is 1.77 bits per heavy atom. The van der Waals surface area contributed by atoms with Crippen molar-refractivity contribution in [3.63, 3.8) is 0 Å². The molecule has 1 heterocycles. The molecule has 5 heteroatoms. The minimum Gasteiger partial charge on any atom is -0.497 e. The molecule has 1 N–H and O–H groups in total. The second kappa shape index (κ2) is 8.04. The Balaban J connectivity index is 1.58. The third kappa shape index (κ3) is 4.23. The molecule has 0 aliphatic carbocycles. The minimum absolute atomic E-state index is 0.0160. The Hall–Kier alpha value is -2.82. The average Bonchev–Trinajstić information content (AvgIpc) is 3.03. The van der Waals surface area contributed by atoms with Gasteiger partial charge in [0, 0.05) is 25.2 Å². The van der Waals surface area contributed by atoms with Crippen LogP contribution in [0, 0.1) is 5.92 Å². The van der Waals surface area contributed by atoms with Gasteiger partial charge in [-0.1, -0.05) is 31.2 Å². The maximum absolute atomic E-state index is 12.5. The summed E-state index contributed by atoms with van der Waals surface area (Å²) in [5.41, 5.74) is 3.02. The number of hydrogen-bond donors (Lipinski definition) is 1. The normalized spacial score (nSPS) is 16.6. The van der Waals surface area contributed by atoms with Crippen molar-refractivity contribution in [1.82, 2.24) is 4.90 Å². The van der Waals surface area contributed by atoms with E-state index in [9.17, 15) is 9.59 Å². The lowest BCUT2D eigenvalue weighted by molar-refractivity contribution is -0.128. The lowest BCUT2D eigenvalue weighted by atomic mass is 10.1. The smallest absolute Gasteiger partial charge is 0.229 e. The number of benzene rings is 2. The van der Waals surface area contributed by atoms with Crippen LogP contribution in [-0.4, -0.2) is 30.4 Å². The molecule has 1 saturated heterocycles. The van der Waals surface area contributed by atoms with Gasteiger partial charge in [-0.05, 0) is 41.8 Å². The van der Waals surface area contributed by atoms with Crippen LogP contribution in [0.5, 0.6) is 5.75 Å². The number of amides is 2. The van der Waals surface area contributed by atoms with Gasteiger partial charge in [0.2, 0.25) is 11.8 Å². The van der Waals surface area contributed by atoms with Crippen molar-refractivity contribution in [3.8, 4) is 5.75 Å². The van der Waals surface area contributed by atoms with Gasteiger partial charge in [0.05, 0.1) is 13.0 Å². The summed E-state index contributed by atoms with van der Waals surface area (Å²) in [6, 6.07) is 15.5. The number of carbonyl (C=O) groups excluding carboxylic acids is 2. The quantitative estimate of drug-likeness (QED) is 0.868. The van der Waals surface area contributed by atoms with E-state index < -0.39 is 0 Å². The Kier molecular flexibility index (Phi) is 5.56. The molecule has 1 fully saturated rings. The summed E-state index contributed by atoms with van der Waals surface area (Å²) in [5.74, 6) is 0.390. The van der Waals surface area contributed by atoms with E-state index in [0.717, 1.165) is 23.4 Å². The highest BCUT2D eigenvalue weighted by molar-refractivity contribution is 5.97. The Morgan fingerprint density at radius 1 is 1.12 bits per heavy atom. The zero-order chi connectivity index (χ0) is 18.5. The highest BCUT2D eigenvalue weighted by Gasteiger charge is 2.34. The summed E-state index contributed by atoms with van der Waals surface area (Å²) in [6.07, 6.45) is 1.22. The van der Waals surface area contributed by atoms with Crippen molar-refractivity contribution < 1.29 is 14.3 Å². The molecule has 2 amide bonds. The summed E-state index contributed by atoms with van der Waals surface area (Å²) in [4.78, 5) is 26.5. The van der Waals surface area contributed by atoms with Crippen LogP contribution in [0.1, 0.15) is 24.5 Å². The number of likely N-dealkylation sites (tertiary alicyclic amines) is 1. The van der Waals surface area contributed by atoms with E-state index in [1.807, 2.05) is 48.5 Å². The van der Waals surface area contributed by atoms with Crippen LogP contribution in [0.15, 0.2) is 48.5 Å². The summed E-state index contributed by atoms with van der Waals surface area (Å²) in [5, 5.41) is 2.92. The monoisotopic (exact) mass is 352 g/mol. The van der Waals surface area contributed by atoms with Gasteiger partial charge in [-0.2, -0.15) is 0 Å². The fourth-order valence-corrected chi connectivity index (χ4v) is 3.12. The van der Waals surface area contributed by atoms with Crippen molar-refractivity contribution in [2.45, 2.75) is 26.3 Å². The molecule has 2 aromatic carbocycles. The third-order valence-corrected chi connectivity index (χ3v) is 4.75. The van der Waals surface area contributed by atoms with Crippen molar-refractivity contribution >= 4 is 17.5 Å². The molecule has 5 nitrogen and oxygen atoms in total. The van der Waals surface area contributed by atoms with E-state index in [1.54, 1.807) is 12.0 Å². The van der Waals surface area contributed by atoms with Crippen molar-refractivity contribution in [2.75, 3.05) is 19.0 Å². The van der Waals surface area contributed by atoms with Gasteiger partial charge >= 0.3 is 0 Å². The molecule has 1 atom stereocenters.